The van der Waals surface area contributed by atoms with Crippen molar-refractivity contribution in [2.45, 2.75) is 27.0 Å². The minimum Gasteiger partial charge on any atom is -0.490 e. The Morgan fingerprint density at radius 1 is 1.25 bits per heavy atom. The summed E-state index contributed by atoms with van der Waals surface area (Å²) in [6, 6.07) is 5.00. The maximum atomic E-state index is 12.7. The molecule has 0 spiro atoms. The number of aliphatic imine (C=N–C) groups is 1. The molecule has 0 saturated heterocycles. The molecule has 6 nitrogen and oxygen atoms in total. The number of guanidine groups is 1. The lowest BCUT2D eigenvalue weighted by Crippen LogP contribution is -2.38. The number of hydrogen-bond donors (Lipinski definition) is 2. The molecule has 1 aromatic carbocycles. The van der Waals surface area contributed by atoms with E-state index in [1.165, 1.54) is 0 Å². The van der Waals surface area contributed by atoms with E-state index in [1.807, 2.05) is 6.92 Å². The van der Waals surface area contributed by atoms with Crippen LogP contribution in [-0.2, 0) is 11.3 Å². The Morgan fingerprint density at radius 2 is 2.04 bits per heavy atom. The van der Waals surface area contributed by atoms with Gasteiger partial charge >= 0.3 is 6.61 Å². The Labute approximate surface area is 141 Å². The van der Waals surface area contributed by atoms with Crippen molar-refractivity contribution < 1.29 is 23.0 Å². The quantitative estimate of drug-likeness (QED) is 0.387. The van der Waals surface area contributed by atoms with E-state index in [0.717, 1.165) is 0 Å². The van der Waals surface area contributed by atoms with Crippen LogP contribution in [0.1, 0.15) is 19.4 Å². The zero-order valence-electron chi connectivity index (χ0n) is 14.3. The van der Waals surface area contributed by atoms with E-state index < -0.39 is 6.61 Å². The molecule has 2 N–H and O–H groups in total. The molecule has 0 amide bonds. The maximum Gasteiger partial charge on any atom is 0.387 e. The van der Waals surface area contributed by atoms with Crippen molar-refractivity contribution in [3.8, 4) is 11.5 Å². The van der Waals surface area contributed by atoms with Gasteiger partial charge in [0.15, 0.2) is 17.5 Å². The number of nitrogens with one attached hydrogen (secondary N) is 2. The second kappa shape index (κ2) is 11.4. The highest BCUT2D eigenvalue weighted by atomic mass is 19.3. The first kappa shape index (κ1) is 20.0. The van der Waals surface area contributed by atoms with Gasteiger partial charge in [-0.3, -0.25) is 0 Å². The Morgan fingerprint density at radius 3 is 2.67 bits per heavy atom. The normalized spacial score (nSPS) is 11.5. The summed E-state index contributed by atoms with van der Waals surface area (Å²) in [5.41, 5.74) is 0.519. The third kappa shape index (κ3) is 6.99. The first-order chi connectivity index (χ1) is 11.6. The van der Waals surface area contributed by atoms with Crippen LogP contribution < -0.4 is 20.1 Å². The summed E-state index contributed by atoms with van der Waals surface area (Å²) >= 11 is 0. The zero-order chi connectivity index (χ0) is 17.8. The molecule has 0 heterocycles. The zero-order valence-corrected chi connectivity index (χ0v) is 14.3. The van der Waals surface area contributed by atoms with Gasteiger partial charge in [-0.25, -0.2) is 4.99 Å². The summed E-state index contributed by atoms with van der Waals surface area (Å²) in [7, 11) is 1.61. The molecule has 0 atom stereocenters. The SMILES string of the molecule is CCNC(=NCc1cccc(OCC)c1OC(F)F)NCCOC. The molecule has 0 aliphatic heterocycles. The van der Waals surface area contributed by atoms with E-state index in [4.69, 9.17) is 9.47 Å². The van der Waals surface area contributed by atoms with Gasteiger partial charge in [0.05, 0.1) is 19.8 Å². The van der Waals surface area contributed by atoms with Crippen molar-refractivity contribution in [2.24, 2.45) is 4.99 Å². The van der Waals surface area contributed by atoms with E-state index >= 15 is 0 Å². The molecular weight excluding hydrogens is 320 g/mol. The van der Waals surface area contributed by atoms with Crippen molar-refractivity contribution in [1.82, 2.24) is 10.6 Å². The number of hydrogen-bond acceptors (Lipinski definition) is 4. The molecule has 0 saturated carbocycles. The number of methoxy groups -OCH3 is 1. The first-order valence-electron chi connectivity index (χ1n) is 7.82. The first-order valence-corrected chi connectivity index (χ1v) is 7.82. The molecule has 0 unspecified atom stereocenters. The lowest BCUT2D eigenvalue weighted by Gasteiger charge is -2.15. The van der Waals surface area contributed by atoms with Crippen LogP contribution in [0.2, 0.25) is 0 Å². The molecule has 8 heteroatoms. The second-order valence-corrected chi connectivity index (χ2v) is 4.67. The van der Waals surface area contributed by atoms with E-state index in [1.54, 1.807) is 32.2 Å². The largest absolute Gasteiger partial charge is 0.490 e. The fraction of sp³-hybridized carbons (Fsp3) is 0.562. The van der Waals surface area contributed by atoms with Crippen molar-refractivity contribution >= 4 is 5.96 Å². The van der Waals surface area contributed by atoms with Gasteiger partial charge in [0, 0.05) is 25.8 Å². The second-order valence-electron chi connectivity index (χ2n) is 4.67. The van der Waals surface area contributed by atoms with Gasteiger partial charge in [-0.1, -0.05) is 12.1 Å². The average Bonchev–Trinajstić information content (AvgIpc) is 2.55. The van der Waals surface area contributed by atoms with Crippen LogP contribution in [0.5, 0.6) is 11.5 Å². The molecule has 1 rings (SSSR count). The van der Waals surface area contributed by atoms with Crippen molar-refractivity contribution in [3.05, 3.63) is 23.8 Å². The Hall–Kier alpha value is -2.09. The highest BCUT2D eigenvalue weighted by Gasteiger charge is 2.15. The summed E-state index contributed by atoms with van der Waals surface area (Å²) in [6.45, 7) is 3.11. The number of para-hydroxylation sites is 1. The summed E-state index contributed by atoms with van der Waals surface area (Å²) in [5, 5.41) is 6.16. The monoisotopic (exact) mass is 345 g/mol. The van der Waals surface area contributed by atoms with Gasteiger partial charge in [0.1, 0.15) is 0 Å². The fourth-order valence-corrected chi connectivity index (χ4v) is 1.96. The molecule has 0 aliphatic carbocycles. The van der Waals surface area contributed by atoms with Gasteiger partial charge in [0.2, 0.25) is 0 Å². The molecule has 0 bridgehead atoms. The van der Waals surface area contributed by atoms with E-state index in [9.17, 15) is 8.78 Å². The number of ether oxygens (including phenoxy) is 3. The molecule has 0 radical (unpaired) electrons. The summed E-state index contributed by atoms with van der Waals surface area (Å²) < 4.78 is 40.4. The Kier molecular flexibility index (Phi) is 9.52. The molecule has 0 aliphatic rings. The molecule has 0 fully saturated rings. The minimum absolute atomic E-state index is 0.0193. The molecule has 1 aromatic rings. The van der Waals surface area contributed by atoms with Gasteiger partial charge in [0.25, 0.3) is 0 Å². The van der Waals surface area contributed by atoms with Crippen LogP contribution in [0, 0.1) is 0 Å². The molecular formula is C16H25F2N3O3. The van der Waals surface area contributed by atoms with Crippen LogP contribution in [0.4, 0.5) is 8.78 Å². The third-order valence-electron chi connectivity index (χ3n) is 2.92. The number of alkyl halides is 2. The standard InChI is InChI=1S/C16H25F2N3O3/c1-4-19-16(20-9-10-22-3)21-11-12-7-6-8-13(23-5-2)14(12)24-15(17)18/h6-8,15H,4-5,9-11H2,1-3H3,(H2,19,20,21). The maximum absolute atomic E-state index is 12.7. The van der Waals surface area contributed by atoms with Crippen LogP contribution in [0.25, 0.3) is 0 Å². The highest BCUT2D eigenvalue weighted by Crippen LogP contribution is 2.33. The number of rotatable bonds is 10. The van der Waals surface area contributed by atoms with E-state index in [-0.39, 0.29) is 18.0 Å². The Bertz CT molecular complexity index is 513. The topological polar surface area (TPSA) is 64.1 Å². The number of halogens is 2. The van der Waals surface area contributed by atoms with Crippen molar-refractivity contribution in [2.75, 3.05) is 33.4 Å². The van der Waals surface area contributed by atoms with Crippen LogP contribution in [0.15, 0.2) is 23.2 Å². The lowest BCUT2D eigenvalue weighted by atomic mass is 10.2. The van der Waals surface area contributed by atoms with Crippen molar-refractivity contribution in [1.29, 1.82) is 0 Å². The predicted octanol–water partition coefficient (Wildman–Crippen LogP) is 2.39. The third-order valence-corrected chi connectivity index (χ3v) is 2.92. The minimum atomic E-state index is -2.93. The predicted molar refractivity (Wildman–Crippen MR) is 88.9 cm³/mol. The fourth-order valence-electron chi connectivity index (χ4n) is 1.96. The molecule has 0 aromatic heterocycles. The number of nitrogens with zero attached hydrogens (tertiary/aromatic N) is 1. The van der Waals surface area contributed by atoms with E-state index in [2.05, 4.69) is 20.4 Å². The molecule has 24 heavy (non-hydrogen) atoms. The summed E-state index contributed by atoms with van der Waals surface area (Å²) in [6.07, 6.45) is 0. The lowest BCUT2D eigenvalue weighted by molar-refractivity contribution is -0.0520. The van der Waals surface area contributed by atoms with E-state index in [0.29, 0.717) is 37.8 Å². The van der Waals surface area contributed by atoms with Gasteiger partial charge in [-0.15, -0.1) is 0 Å². The molecule has 136 valence electrons. The van der Waals surface area contributed by atoms with Gasteiger partial charge in [-0.2, -0.15) is 8.78 Å². The Balaban J connectivity index is 2.93. The van der Waals surface area contributed by atoms with Crippen LogP contribution >= 0.6 is 0 Å². The van der Waals surface area contributed by atoms with Crippen LogP contribution in [-0.4, -0.2) is 46.0 Å². The van der Waals surface area contributed by atoms with Gasteiger partial charge in [-0.05, 0) is 19.9 Å². The smallest absolute Gasteiger partial charge is 0.387 e. The summed E-state index contributed by atoms with van der Waals surface area (Å²) in [5.74, 6) is 0.869. The van der Waals surface area contributed by atoms with Crippen molar-refractivity contribution in [3.63, 3.8) is 0 Å². The summed E-state index contributed by atoms with van der Waals surface area (Å²) in [4.78, 5) is 4.38. The average molecular weight is 345 g/mol. The van der Waals surface area contributed by atoms with Gasteiger partial charge < -0.3 is 24.8 Å². The van der Waals surface area contributed by atoms with Crippen LogP contribution in [0.3, 0.4) is 0 Å². The number of benzene rings is 1. The highest BCUT2D eigenvalue weighted by molar-refractivity contribution is 5.79.